The first-order valence-corrected chi connectivity index (χ1v) is 9.39. The fraction of sp³-hybridized carbons (Fsp3) is 0.150. The van der Waals surface area contributed by atoms with Gasteiger partial charge in [0.25, 0.3) is 5.89 Å². The van der Waals surface area contributed by atoms with Gasteiger partial charge in [0.1, 0.15) is 0 Å². The molecule has 8 nitrogen and oxygen atoms in total. The Hall–Kier alpha value is -3.52. The van der Waals surface area contributed by atoms with Crippen LogP contribution in [-0.2, 0) is 17.8 Å². The second-order valence-electron chi connectivity index (χ2n) is 6.20. The molecule has 146 valence electrons. The van der Waals surface area contributed by atoms with Crippen LogP contribution in [0.5, 0.6) is 0 Å². The highest BCUT2D eigenvalue weighted by atomic mass is 35.5. The summed E-state index contributed by atoms with van der Waals surface area (Å²) in [5.74, 6) is 1.37. The lowest BCUT2D eigenvalue weighted by molar-refractivity contribution is -0.116. The third-order valence-electron chi connectivity index (χ3n) is 4.24. The largest absolute Gasteiger partial charge is 0.345 e. The summed E-state index contributed by atoms with van der Waals surface area (Å²) in [6, 6.07) is 10.9. The number of amides is 1. The molecule has 0 aliphatic rings. The van der Waals surface area contributed by atoms with Crippen molar-refractivity contribution in [1.29, 1.82) is 0 Å². The van der Waals surface area contributed by atoms with Crippen molar-refractivity contribution in [2.75, 3.05) is 0 Å². The van der Waals surface area contributed by atoms with E-state index in [1.165, 1.54) is 6.08 Å². The summed E-state index contributed by atoms with van der Waals surface area (Å²) in [5, 5.41) is 15.8. The van der Waals surface area contributed by atoms with E-state index in [0.29, 0.717) is 40.2 Å². The average molecular weight is 409 g/mol. The number of pyridine rings is 1. The number of carbonyl (C=O) groups excluding carboxylic acids is 1. The van der Waals surface area contributed by atoms with E-state index >= 15 is 0 Å². The predicted molar refractivity (Wildman–Crippen MR) is 108 cm³/mol. The van der Waals surface area contributed by atoms with E-state index in [1.54, 1.807) is 22.6 Å². The lowest BCUT2D eigenvalue weighted by Crippen LogP contribution is -2.21. The zero-order chi connectivity index (χ0) is 20.2. The Bertz CT molecular complexity index is 1180. The van der Waals surface area contributed by atoms with Gasteiger partial charge in [-0.15, -0.1) is 10.2 Å². The van der Waals surface area contributed by atoms with Gasteiger partial charge in [0, 0.05) is 23.7 Å². The molecule has 0 radical (unpaired) electrons. The monoisotopic (exact) mass is 408 g/mol. The maximum absolute atomic E-state index is 12.1. The first-order valence-electron chi connectivity index (χ1n) is 9.01. The van der Waals surface area contributed by atoms with E-state index in [-0.39, 0.29) is 12.5 Å². The van der Waals surface area contributed by atoms with E-state index in [0.717, 1.165) is 5.56 Å². The minimum Gasteiger partial charge on any atom is -0.345 e. The van der Waals surface area contributed by atoms with E-state index in [4.69, 9.17) is 16.1 Å². The van der Waals surface area contributed by atoms with Crippen molar-refractivity contribution in [3.8, 4) is 11.5 Å². The third kappa shape index (κ3) is 4.17. The topological polar surface area (TPSA) is 98.2 Å². The molecule has 0 atom stereocenters. The molecule has 29 heavy (non-hydrogen) atoms. The molecule has 0 bridgehead atoms. The van der Waals surface area contributed by atoms with Gasteiger partial charge in [0.2, 0.25) is 5.91 Å². The van der Waals surface area contributed by atoms with Crippen molar-refractivity contribution < 1.29 is 9.32 Å². The highest BCUT2D eigenvalue weighted by Gasteiger charge is 2.15. The molecule has 9 heteroatoms. The SMILES string of the molecule is CCc1noc(-c2cccn3c(CNC(=O)C=Cc4ccc(Cl)cc4)nnc23)n1. The maximum atomic E-state index is 12.1. The number of fused-ring (bicyclic) bond motifs is 1. The summed E-state index contributed by atoms with van der Waals surface area (Å²) in [6.45, 7) is 2.17. The molecule has 4 rings (SSSR count). The minimum atomic E-state index is -0.239. The first-order chi connectivity index (χ1) is 14.1. The van der Waals surface area contributed by atoms with Crippen LogP contribution in [0.15, 0.2) is 53.2 Å². The van der Waals surface area contributed by atoms with E-state index in [1.807, 2.05) is 37.4 Å². The van der Waals surface area contributed by atoms with Crippen LogP contribution in [0.3, 0.4) is 0 Å². The van der Waals surface area contributed by atoms with Crippen molar-refractivity contribution in [2.45, 2.75) is 19.9 Å². The number of carbonyl (C=O) groups is 1. The fourth-order valence-electron chi connectivity index (χ4n) is 2.73. The lowest BCUT2D eigenvalue weighted by atomic mass is 10.2. The van der Waals surface area contributed by atoms with Gasteiger partial charge >= 0.3 is 0 Å². The Balaban J connectivity index is 1.48. The number of halogens is 1. The molecule has 1 amide bonds. The number of aromatic nitrogens is 5. The second kappa shape index (κ2) is 8.24. The fourth-order valence-corrected chi connectivity index (χ4v) is 2.86. The molecule has 0 fully saturated rings. The van der Waals surface area contributed by atoms with Gasteiger partial charge < -0.3 is 9.84 Å². The van der Waals surface area contributed by atoms with E-state index < -0.39 is 0 Å². The lowest BCUT2D eigenvalue weighted by Gasteiger charge is -2.02. The van der Waals surface area contributed by atoms with Gasteiger partial charge in [-0.25, -0.2) is 0 Å². The third-order valence-corrected chi connectivity index (χ3v) is 4.49. The molecule has 0 aliphatic heterocycles. The number of benzene rings is 1. The van der Waals surface area contributed by atoms with Crippen LogP contribution in [0.4, 0.5) is 0 Å². The average Bonchev–Trinajstić information content (AvgIpc) is 3.38. The van der Waals surface area contributed by atoms with E-state index in [9.17, 15) is 4.79 Å². The van der Waals surface area contributed by atoms with Crippen LogP contribution in [0.1, 0.15) is 24.1 Å². The van der Waals surface area contributed by atoms with Crippen LogP contribution in [0, 0.1) is 0 Å². The number of rotatable bonds is 6. The molecule has 1 N–H and O–H groups in total. The Morgan fingerprint density at radius 1 is 1.24 bits per heavy atom. The quantitative estimate of drug-likeness (QED) is 0.491. The smallest absolute Gasteiger partial charge is 0.261 e. The zero-order valence-corrected chi connectivity index (χ0v) is 16.3. The van der Waals surface area contributed by atoms with Gasteiger partial charge in [0.05, 0.1) is 12.1 Å². The number of nitrogens with zero attached hydrogens (tertiary/aromatic N) is 5. The summed E-state index contributed by atoms with van der Waals surface area (Å²) < 4.78 is 7.10. The van der Waals surface area contributed by atoms with Crippen LogP contribution in [0.25, 0.3) is 23.2 Å². The summed E-state index contributed by atoms with van der Waals surface area (Å²) in [5.41, 5.74) is 2.15. The molecule has 4 aromatic rings. The second-order valence-corrected chi connectivity index (χ2v) is 6.64. The Labute approximate surface area is 171 Å². The molecular weight excluding hydrogens is 392 g/mol. The maximum Gasteiger partial charge on any atom is 0.261 e. The predicted octanol–water partition coefficient (Wildman–Crippen LogP) is 3.32. The molecule has 1 aromatic carbocycles. The number of nitrogens with one attached hydrogen (secondary N) is 1. The molecule has 3 heterocycles. The Morgan fingerprint density at radius 3 is 2.83 bits per heavy atom. The summed E-state index contributed by atoms with van der Waals surface area (Å²) in [6.07, 6.45) is 5.68. The van der Waals surface area contributed by atoms with Crippen LogP contribution in [0.2, 0.25) is 5.02 Å². The number of aryl methyl sites for hydroxylation is 1. The molecule has 0 unspecified atom stereocenters. The van der Waals surface area contributed by atoms with Crippen molar-refractivity contribution >= 4 is 29.2 Å². The Kier molecular flexibility index (Phi) is 5.35. The molecule has 0 saturated carbocycles. The van der Waals surface area contributed by atoms with Gasteiger partial charge in [-0.05, 0) is 35.9 Å². The van der Waals surface area contributed by atoms with Crippen molar-refractivity contribution in [3.05, 3.63) is 70.9 Å². The van der Waals surface area contributed by atoms with Gasteiger partial charge in [-0.2, -0.15) is 4.98 Å². The van der Waals surface area contributed by atoms with Crippen LogP contribution < -0.4 is 5.32 Å². The molecule has 0 saturated heterocycles. The highest BCUT2D eigenvalue weighted by Crippen LogP contribution is 2.22. The molecule has 0 spiro atoms. The first kappa shape index (κ1) is 18.8. The van der Waals surface area contributed by atoms with Crippen molar-refractivity contribution in [1.82, 2.24) is 30.1 Å². The minimum absolute atomic E-state index is 0.221. The molecular formula is C20H17ClN6O2. The van der Waals surface area contributed by atoms with Gasteiger partial charge in [-0.1, -0.05) is 35.8 Å². The Morgan fingerprint density at radius 2 is 2.07 bits per heavy atom. The standard InChI is InChI=1S/C20H17ClN6O2/c1-2-16-23-20(29-26-16)15-4-3-11-27-17(24-25-19(15)27)12-22-18(28)10-7-13-5-8-14(21)9-6-13/h3-11H,2,12H2,1H3,(H,22,28). The normalized spacial score (nSPS) is 11.4. The number of hydrogen-bond donors (Lipinski definition) is 1. The van der Waals surface area contributed by atoms with Gasteiger partial charge in [-0.3, -0.25) is 9.20 Å². The van der Waals surface area contributed by atoms with Gasteiger partial charge in [0.15, 0.2) is 17.3 Å². The summed E-state index contributed by atoms with van der Waals surface area (Å²) in [7, 11) is 0. The zero-order valence-electron chi connectivity index (χ0n) is 15.5. The van der Waals surface area contributed by atoms with Crippen molar-refractivity contribution in [2.24, 2.45) is 0 Å². The van der Waals surface area contributed by atoms with Crippen LogP contribution >= 0.6 is 11.6 Å². The molecule has 3 aromatic heterocycles. The van der Waals surface area contributed by atoms with Crippen molar-refractivity contribution in [3.63, 3.8) is 0 Å². The summed E-state index contributed by atoms with van der Waals surface area (Å²) in [4.78, 5) is 16.5. The highest BCUT2D eigenvalue weighted by molar-refractivity contribution is 6.30. The number of hydrogen-bond acceptors (Lipinski definition) is 6. The summed E-state index contributed by atoms with van der Waals surface area (Å²) >= 11 is 5.86. The van der Waals surface area contributed by atoms with E-state index in [2.05, 4.69) is 25.7 Å². The van der Waals surface area contributed by atoms with Crippen LogP contribution in [-0.4, -0.2) is 30.6 Å². The molecule has 0 aliphatic carbocycles.